The smallest absolute Gasteiger partial charge is 0.312 e. The zero-order valence-corrected chi connectivity index (χ0v) is 15.5. The molecule has 2 aromatic heterocycles. The largest absolute Gasteiger partial charge is 0.504 e. The Morgan fingerprint density at radius 3 is 2.53 bits per heavy atom. The number of phenolic OH excluding ortho intramolecular Hbond substituents is 2. The van der Waals surface area contributed by atoms with Crippen molar-refractivity contribution in [3.8, 4) is 28.6 Å². The molecule has 0 spiro atoms. The van der Waals surface area contributed by atoms with Crippen LogP contribution in [0.3, 0.4) is 0 Å². The molecule has 0 radical (unpaired) electrons. The number of carbonyl (C=O) groups excluding carboxylic acids is 1. The van der Waals surface area contributed by atoms with Gasteiger partial charge in [-0.05, 0) is 11.6 Å². The fraction of sp³-hybridized carbons (Fsp3) is 0.0870. The highest BCUT2D eigenvalue weighted by atomic mass is 16.5. The third-order valence-electron chi connectivity index (χ3n) is 5.19. The highest BCUT2D eigenvalue weighted by Crippen LogP contribution is 2.51. The van der Waals surface area contributed by atoms with E-state index in [1.165, 1.54) is 6.07 Å². The van der Waals surface area contributed by atoms with E-state index in [9.17, 15) is 19.8 Å². The van der Waals surface area contributed by atoms with Crippen molar-refractivity contribution in [2.45, 2.75) is 12.3 Å². The minimum Gasteiger partial charge on any atom is -0.504 e. The Balaban J connectivity index is 1.89. The zero-order valence-electron chi connectivity index (χ0n) is 15.5. The molecule has 1 aliphatic rings. The maximum absolute atomic E-state index is 12.9. The Morgan fingerprint density at radius 2 is 1.80 bits per heavy atom. The maximum atomic E-state index is 12.9. The summed E-state index contributed by atoms with van der Waals surface area (Å²) in [5.74, 6) is -2.42. The monoisotopic (exact) mass is 401 g/mol. The lowest BCUT2D eigenvalue weighted by Crippen LogP contribution is -2.22. The second-order valence-electron chi connectivity index (χ2n) is 7.00. The average molecular weight is 401 g/mol. The quantitative estimate of drug-likeness (QED) is 0.299. The minimum absolute atomic E-state index is 0.0305. The van der Waals surface area contributed by atoms with E-state index < -0.39 is 28.8 Å². The van der Waals surface area contributed by atoms with Crippen molar-refractivity contribution in [3.63, 3.8) is 0 Å². The molecule has 7 nitrogen and oxygen atoms in total. The van der Waals surface area contributed by atoms with Gasteiger partial charge >= 0.3 is 5.97 Å². The van der Waals surface area contributed by atoms with Crippen molar-refractivity contribution < 1.29 is 24.2 Å². The summed E-state index contributed by atoms with van der Waals surface area (Å²) in [6, 6.07) is 13.8. The lowest BCUT2D eigenvalue weighted by Gasteiger charge is -2.26. The highest BCUT2D eigenvalue weighted by molar-refractivity contribution is 5.96. The van der Waals surface area contributed by atoms with Gasteiger partial charge in [-0.15, -0.1) is 0 Å². The third-order valence-corrected chi connectivity index (χ3v) is 5.19. The second kappa shape index (κ2) is 6.73. The third kappa shape index (κ3) is 2.71. The molecular weight excluding hydrogens is 386 g/mol. The summed E-state index contributed by atoms with van der Waals surface area (Å²) < 4.78 is 11.3. The van der Waals surface area contributed by atoms with Crippen LogP contribution in [0.2, 0.25) is 0 Å². The lowest BCUT2D eigenvalue weighted by atomic mass is 9.85. The van der Waals surface area contributed by atoms with E-state index in [0.717, 1.165) is 0 Å². The molecule has 0 amide bonds. The number of nitrogens with zero attached hydrogens (tertiary/aromatic N) is 1. The van der Waals surface area contributed by atoms with Gasteiger partial charge in [0.2, 0.25) is 5.75 Å². The number of pyridine rings is 1. The normalized spacial score (nSPS) is 15.6. The van der Waals surface area contributed by atoms with E-state index in [2.05, 4.69) is 4.98 Å². The second-order valence-corrected chi connectivity index (χ2v) is 7.00. The van der Waals surface area contributed by atoms with Crippen LogP contribution in [0.15, 0.2) is 70.1 Å². The molecule has 3 heterocycles. The van der Waals surface area contributed by atoms with E-state index in [-0.39, 0.29) is 23.1 Å². The minimum atomic E-state index is -0.684. The number of rotatable bonds is 2. The molecule has 0 aliphatic carbocycles. The molecule has 1 aliphatic heterocycles. The molecule has 1 atom stereocenters. The number of esters is 1. The molecule has 2 aromatic carbocycles. The van der Waals surface area contributed by atoms with Crippen LogP contribution in [0.25, 0.3) is 22.3 Å². The SMILES string of the molecule is O=C1C[C@@H](c2cccnc2)c2c(c(O)c(O)c3c(=O)cc(-c4ccccc4)oc23)O1. The number of carbonyl (C=O) groups is 1. The topological polar surface area (TPSA) is 110 Å². The molecule has 0 fully saturated rings. The average Bonchev–Trinajstić information content (AvgIpc) is 2.77. The summed E-state index contributed by atoms with van der Waals surface area (Å²) in [4.78, 5) is 29.2. The molecule has 0 bridgehead atoms. The van der Waals surface area contributed by atoms with Crippen LogP contribution >= 0.6 is 0 Å². The Bertz CT molecular complexity index is 1350. The van der Waals surface area contributed by atoms with Gasteiger partial charge in [0.15, 0.2) is 16.9 Å². The molecule has 2 N–H and O–H groups in total. The van der Waals surface area contributed by atoms with Crippen LogP contribution in [-0.4, -0.2) is 21.2 Å². The zero-order chi connectivity index (χ0) is 20.8. The van der Waals surface area contributed by atoms with E-state index in [4.69, 9.17) is 9.15 Å². The molecular formula is C23H15NO6. The number of hydrogen-bond acceptors (Lipinski definition) is 7. The maximum Gasteiger partial charge on any atom is 0.312 e. The molecule has 0 unspecified atom stereocenters. The van der Waals surface area contributed by atoms with Crippen LogP contribution in [0.1, 0.15) is 23.5 Å². The molecule has 0 saturated heterocycles. The van der Waals surface area contributed by atoms with Crippen molar-refractivity contribution in [2.75, 3.05) is 0 Å². The summed E-state index contributed by atoms with van der Waals surface area (Å²) in [5, 5.41) is 20.8. The van der Waals surface area contributed by atoms with E-state index >= 15 is 0 Å². The molecule has 30 heavy (non-hydrogen) atoms. The predicted molar refractivity (Wildman–Crippen MR) is 108 cm³/mol. The van der Waals surface area contributed by atoms with Gasteiger partial charge in [0, 0.05) is 29.9 Å². The van der Waals surface area contributed by atoms with Gasteiger partial charge in [-0.1, -0.05) is 36.4 Å². The Kier molecular flexibility index (Phi) is 4.03. The molecule has 148 valence electrons. The van der Waals surface area contributed by atoms with Gasteiger partial charge in [0.05, 0.1) is 12.0 Å². The fourth-order valence-electron chi connectivity index (χ4n) is 3.82. The van der Waals surface area contributed by atoms with Gasteiger partial charge < -0.3 is 19.4 Å². The van der Waals surface area contributed by atoms with Crippen molar-refractivity contribution >= 4 is 16.9 Å². The standard InChI is InChI=1S/C23H15NO6/c25-15-10-16(12-5-2-1-3-6-12)29-22-18-14(13-7-4-8-24-11-13)9-17(26)30-23(18)21(28)20(27)19(15)22/h1-8,10-11,14,27-28H,9H2/t14-/m0/s1. The number of hydrogen-bond donors (Lipinski definition) is 2. The lowest BCUT2D eigenvalue weighted by molar-refractivity contribution is -0.135. The molecule has 7 heteroatoms. The summed E-state index contributed by atoms with van der Waals surface area (Å²) in [7, 11) is 0. The first-order chi connectivity index (χ1) is 14.5. The molecule has 5 rings (SSSR count). The fourth-order valence-corrected chi connectivity index (χ4v) is 3.82. The first-order valence-electron chi connectivity index (χ1n) is 9.26. The summed E-state index contributed by atoms with van der Waals surface area (Å²) in [5.41, 5.74) is 1.22. The van der Waals surface area contributed by atoms with Crippen molar-refractivity contribution in [1.82, 2.24) is 4.98 Å². The van der Waals surface area contributed by atoms with Gasteiger partial charge in [0.25, 0.3) is 0 Å². The van der Waals surface area contributed by atoms with Gasteiger partial charge in [0.1, 0.15) is 16.7 Å². The van der Waals surface area contributed by atoms with E-state index in [1.54, 1.807) is 36.7 Å². The highest BCUT2D eigenvalue weighted by Gasteiger charge is 2.36. The number of aromatic hydroxyl groups is 2. The van der Waals surface area contributed by atoms with Crippen molar-refractivity contribution in [3.05, 3.63) is 82.3 Å². The van der Waals surface area contributed by atoms with Gasteiger partial charge in [-0.3, -0.25) is 14.6 Å². The van der Waals surface area contributed by atoms with Crippen molar-refractivity contribution in [2.24, 2.45) is 0 Å². The van der Waals surface area contributed by atoms with Crippen molar-refractivity contribution in [1.29, 1.82) is 0 Å². The van der Waals surface area contributed by atoms with Crippen LogP contribution in [0.5, 0.6) is 17.2 Å². The number of phenols is 2. The van der Waals surface area contributed by atoms with Crippen LogP contribution in [0.4, 0.5) is 0 Å². The Labute approximate surface area is 169 Å². The molecule has 4 aromatic rings. The summed E-state index contributed by atoms with van der Waals surface area (Å²) in [6.07, 6.45) is 3.17. The Morgan fingerprint density at radius 1 is 1.00 bits per heavy atom. The van der Waals surface area contributed by atoms with Gasteiger partial charge in [-0.2, -0.15) is 0 Å². The first kappa shape index (κ1) is 17.9. The first-order valence-corrected chi connectivity index (χ1v) is 9.26. The summed E-state index contributed by atoms with van der Waals surface area (Å²) >= 11 is 0. The number of benzene rings is 2. The predicted octanol–water partition coefficient (Wildman–Crippen LogP) is 3.71. The molecule has 0 saturated carbocycles. The number of fused-ring (bicyclic) bond motifs is 3. The van der Waals surface area contributed by atoms with E-state index in [1.807, 2.05) is 18.2 Å². The number of ether oxygens (including phenoxy) is 1. The van der Waals surface area contributed by atoms with Crippen LogP contribution in [-0.2, 0) is 4.79 Å². The van der Waals surface area contributed by atoms with Gasteiger partial charge in [-0.25, -0.2) is 0 Å². The number of aromatic nitrogens is 1. The van der Waals surface area contributed by atoms with Crippen LogP contribution < -0.4 is 10.2 Å². The Hall–Kier alpha value is -4.13. The summed E-state index contributed by atoms with van der Waals surface area (Å²) in [6.45, 7) is 0. The van der Waals surface area contributed by atoms with Crippen LogP contribution in [0, 0.1) is 0 Å². The van der Waals surface area contributed by atoms with E-state index in [0.29, 0.717) is 22.5 Å².